The maximum Gasteiger partial charge on any atom is 0.243 e. The Kier molecular flexibility index (Phi) is 4.96. The first-order chi connectivity index (χ1) is 9.16. The van der Waals surface area contributed by atoms with Gasteiger partial charge in [-0.2, -0.15) is 5.10 Å². The normalized spacial score (nSPS) is 16.7. The van der Waals surface area contributed by atoms with Gasteiger partial charge in [-0.15, -0.1) is 0 Å². The molecule has 0 heterocycles. The molecule has 0 aromatic heterocycles. The van der Waals surface area contributed by atoms with Crippen LogP contribution >= 0.6 is 15.9 Å². The molecule has 2 rings (SSSR count). The zero-order chi connectivity index (χ0) is 13.7. The summed E-state index contributed by atoms with van der Waals surface area (Å²) in [6.45, 7) is 0. The molecular formula is C14H17BrN2O2. The van der Waals surface area contributed by atoms with E-state index in [-0.39, 0.29) is 17.6 Å². The molecule has 5 heteroatoms. The minimum absolute atomic E-state index is 0.0227. The molecule has 1 aromatic carbocycles. The highest BCUT2D eigenvalue weighted by Gasteiger charge is 2.20. The van der Waals surface area contributed by atoms with Crippen LogP contribution < -0.4 is 5.43 Å². The van der Waals surface area contributed by atoms with Gasteiger partial charge in [0, 0.05) is 16.0 Å². The summed E-state index contributed by atoms with van der Waals surface area (Å²) in [6.07, 6.45) is 6.81. The van der Waals surface area contributed by atoms with E-state index in [9.17, 15) is 9.90 Å². The molecule has 0 bridgehead atoms. The highest BCUT2D eigenvalue weighted by atomic mass is 79.9. The number of phenols is 1. The Labute approximate surface area is 121 Å². The Bertz CT molecular complexity index is 482. The number of phenolic OH excluding ortho intramolecular Hbond substituents is 1. The number of halogens is 1. The predicted octanol–water partition coefficient (Wildman–Crippen LogP) is 3.19. The van der Waals surface area contributed by atoms with Crippen molar-refractivity contribution in [3.05, 3.63) is 28.2 Å². The fourth-order valence-electron chi connectivity index (χ4n) is 2.25. The second kappa shape index (κ2) is 6.70. The van der Waals surface area contributed by atoms with Crippen LogP contribution in [0, 0.1) is 5.92 Å². The number of nitrogens with zero attached hydrogens (tertiary/aromatic N) is 1. The Balaban J connectivity index is 1.92. The highest BCUT2D eigenvalue weighted by molar-refractivity contribution is 9.10. The Morgan fingerprint density at radius 2 is 2.11 bits per heavy atom. The lowest BCUT2D eigenvalue weighted by Crippen LogP contribution is -2.28. The lowest BCUT2D eigenvalue weighted by molar-refractivity contribution is -0.125. The van der Waals surface area contributed by atoms with Crippen molar-refractivity contribution in [2.45, 2.75) is 32.1 Å². The molecule has 102 valence electrons. The van der Waals surface area contributed by atoms with Crippen molar-refractivity contribution in [1.29, 1.82) is 0 Å². The Hall–Kier alpha value is -1.36. The van der Waals surface area contributed by atoms with Gasteiger partial charge >= 0.3 is 0 Å². The van der Waals surface area contributed by atoms with Crippen LogP contribution in [0.25, 0.3) is 0 Å². The van der Waals surface area contributed by atoms with Crippen molar-refractivity contribution in [2.75, 3.05) is 0 Å². The van der Waals surface area contributed by atoms with Crippen molar-refractivity contribution in [2.24, 2.45) is 11.0 Å². The molecule has 1 saturated carbocycles. The number of rotatable bonds is 3. The fourth-order valence-corrected chi connectivity index (χ4v) is 2.63. The lowest BCUT2D eigenvalue weighted by atomic mass is 9.89. The summed E-state index contributed by atoms with van der Waals surface area (Å²) in [7, 11) is 0. The van der Waals surface area contributed by atoms with E-state index in [4.69, 9.17) is 0 Å². The molecular weight excluding hydrogens is 308 g/mol. The molecule has 4 nitrogen and oxygen atoms in total. The molecule has 0 spiro atoms. The average Bonchev–Trinajstić information content (AvgIpc) is 2.43. The van der Waals surface area contributed by atoms with E-state index in [0.717, 1.165) is 30.2 Å². The van der Waals surface area contributed by atoms with Crippen LogP contribution in [0.4, 0.5) is 0 Å². The zero-order valence-corrected chi connectivity index (χ0v) is 12.2. The van der Waals surface area contributed by atoms with Gasteiger partial charge in [-0.1, -0.05) is 35.2 Å². The van der Waals surface area contributed by atoms with Crippen LogP contribution in [0.5, 0.6) is 5.75 Å². The summed E-state index contributed by atoms with van der Waals surface area (Å²) < 4.78 is 0.852. The average molecular weight is 325 g/mol. The fraction of sp³-hybridized carbons (Fsp3) is 0.429. The monoisotopic (exact) mass is 324 g/mol. The summed E-state index contributed by atoms with van der Waals surface area (Å²) in [5.41, 5.74) is 3.12. The van der Waals surface area contributed by atoms with Gasteiger partial charge in [-0.3, -0.25) is 4.79 Å². The van der Waals surface area contributed by atoms with Gasteiger partial charge in [0.25, 0.3) is 0 Å². The topological polar surface area (TPSA) is 61.7 Å². The van der Waals surface area contributed by atoms with Gasteiger partial charge < -0.3 is 5.11 Å². The number of carbonyl (C=O) groups excluding carboxylic acids is 1. The van der Waals surface area contributed by atoms with Crippen molar-refractivity contribution in [3.8, 4) is 5.75 Å². The van der Waals surface area contributed by atoms with E-state index in [2.05, 4.69) is 26.5 Å². The van der Waals surface area contributed by atoms with Crippen LogP contribution in [0.2, 0.25) is 0 Å². The molecule has 0 unspecified atom stereocenters. The standard InChI is InChI=1S/C14H17BrN2O2/c15-12-6-7-13(18)11(8-12)9-16-17-14(19)10-4-2-1-3-5-10/h6-10,18H,1-5H2,(H,17,19). The zero-order valence-electron chi connectivity index (χ0n) is 10.6. The van der Waals surface area contributed by atoms with Crippen LogP contribution in [0.3, 0.4) is 0 Å². The van der Waals surface area contributed by atoms with Crippen molar-refractivity contribution < 1.29 is 9.90 Å². The molecule has 0 saturated heterocycles. The first-order valence-electron chi connectivity index (χ1n) is 6.48. The molecule has 1 fully saturated rings. The van der Waals surface area contributed by atoms with Crippen LogP contribution in [0.1, 0.15) is 37.7 Å². The maximum atomic E-state index is 11.8. The molecule has 1 aliphatic rings. The third-order valence-corrected chi connectivity index (χ3v) is 3.84. The van der Waals surface area contributed by atoms with E-state index in [1.54, 1.807) is 18.2 Å². The first-order valence-corrected chi connectivity index (χ1v) is 7.27. The summed E-state index contributed by atoms with van der Waals surface area (Å²) in [5.74, 6) is 0.200. The van der Waals surface area contributed by atoms with E-state index >= 15 is 0 Å². The molecule has 1 aliphatic carbocycles. The minimum Gasteiger partial charge on any atom is -0.507 e. The number of benzene rings is 1. The number of hydrazone groups is 1. The first kappa shape index (κ1) is 14.1. The van der Waals surface area contributed by atoms with E-state index in [1.165, 1.54) is 12.6 Å². The predicted molar refractivity (Wildman–Crippen MR) is 78.1 cm³/mol. The van der Waals surface area contributed by atoms with Crippen molar-refractivity contribution >= 4 is 28.1 Å². The number of amides is 1. The molecule has 1 amide bonds. The number of hydrogen-bond acceptors (Lipinski definition) is 3. The van der Waals surface area contributed by atoms with Crippen LogP contribution in [-0.4, -0.2) is 17.2 Å². The number of hydrogen-bond donors (Lipinski definition) is 2. The smallest absolute Gasteiger partial charge is 0.243 e. The van der Waals surface area contributed by atoms with Gasteiger partial charge in [-0.05, 0) is 31.0 Å². The number of aromatic hydroxyl groups is 1. The highest BCUT2D eigenvalue weighted by Crippen LogP contribution is 2.23. The largest absolute Gasteiger partial charge is 0.507 e. The lowest BCUT2D eigenvalue weighted by Gasteiger charge is -2.19. The molecule has 1 aromatic rings. The summed E-state index contributed by atoms with van der Waals surface area (Å²) in [5, 5.41) is 13.5. The van der Waals surface area contributed by atoms with Gasteiger partial charge in [0.15, 0.2) is 0 Å². The van der Waals surface area contributed by atoms with E-state index < -0.39 is 0 Å². The molecule has 2 N–H and O–H groups in total. The minimum atomic E-state index is -0.0227. The van der Waals surface area contributed by atoms with Gasteiger partial charge in [0.2, 0.25) is 5.91 Å². The van der Waals surface area contributed by atoms with Gasteiger partial charge in [0.1, 0.15) is 5.75 Å². The summed E-state index contributed by atoms with van der Waals surface area (Å²) in [6, 6.07) is 5.06. The number of carbonyl (C=O) groups is 1. The van der Waals surface area contributed by atoms with Crippen LogP contribution in [0.15, 0.2) is 27.8 Å². The molecule has 0 radical (unpaired) electrons. The molecule has 0 aliphatic heterocycles. The SMILES string of the molecule is O=C(NN=Cc1cc(Br)ccc1O)C1CCCCC1. The third-order valence-electron chi connectivity index (χ3n) is 3.34. The summed E-state index contributed by atoms with van der Waals surface area (Å²) >= 11 is 3.32. The van der Waals surface area contributed by atoms with Gasteiger partial charge in [0.05, 0.1) is 6.21 Å². The Morgan fingerprint density at radius 1 is 1.37 bits per heavy atom. The van der Waals surface area contributed by atoms with Gasteiger partial charge in [-0.25, -0.2) is 5.43 Å². The molecule has 19 heavy (non-hydrogen) atoms. The quantitative estimate of drug-likeness (QED) is 0.662. The van der Waals surface area contributed by atoms with Crippen LogP contribution in [-0.2, 0) is 4.79 Å². The Morgan fingerprint density at radius 3 is 2.84 bits per heavy atom. The van der Waals surface area contributed by atoms with Crippen molar-refractivity contribution in [3.63, 3.8) is 0 Å². The summed E-state index contributed by atoms with van der Waals surface area (Å²) in [4.78, 5) is 11.8. The maximum absolute atomic E-state index is 11.8. The third kappa shape index (κ3) is 4.06. The second-order valence-electron chi connectivity index (χ2n) is 4.77. The second-order valence-corrected chi connectivity index (χ2v) is 5.69. The van der Waals surface area contributed by atoms with Crippen molar-refractivity contribution in [1.82, 2.24) is 5.43 Å². The van der Waals surface area contributed by atoms with E-state index in [0.29, 0.717) is 5.56 Å². The number of nitrogens with one attached hydrogen (secondary N) is 1. The molecule has 0 atom stereocenters. The van der Waals surface area contributed by atoms with E-state index in [1.807, 2.05) is 0 Å².